The number of amidine groups is 1. The van der Waals surface area contributed by atoms with Gasteiger partial charge in [-0.1, -0.05) is 0 Å². The number of amides is 1. The summed E-state index contributed by atoms with van der Waals surface area (Å²) in [5.74, 6) is -0.836. The van der Waals surface area contributed by atoms with Gasteiger partial charge in [-0.3, -0.25) is 15.1 Å². The number of nitrogens with zero attached hydrogens (tertiary/aromatic N) is 5. The third kappa shape index (κ3) is 6.30. The van der Waals surface area contributed by atoms with Crippen LogP contribution >= 0.6 is 0 Å². The van der Waals surface area contributed by atoms with Crippen LogP contribution in [0.3, 0.4) is 0 Å². The fourth-order valence-electron chi connectivity index (χ4n) is 5.86. The maximum Gasteiger partial charge on any atom is 0.408 e. The number of rotatable bonds is 6. The molecule has 15 heteroatoms. The number of ether oxygens (including phenoxy) is 1. The molecule has 234 valence electrons. The van der Waals surface area contributed by atoms with E-state index in [1.54, 1.807) is 26.0 Å². The number of halogens is 6. The number of fused-ring (bicyclic) bond motifs is 1. The summed E-state index contributed by atoms with van der Waals surface area (Å²) in [6, 6.07) is 4.63. The molecule has 0 unspecified atom stereocenters. The van der Waals surface area contributed by atoms with Crippen molar-refractivity contribution in [3.63, 3.8) is 0 Å². The number of benzene rings is 1. The Hall–Kier alpha value is -3.78. The Labute approximate surface area is 244 Å². The Morgan fingerprint density at radius 2 is 1.65 bits per heavy atom. The Bertz CT molecular complexity index is 1360. The number of piperidine rings is 1. The van der Waals surface area contributed by atoms with Gasteiger partial charge in [0.05, 0.1) is 16.7 Å². The normalized spacial score (nSPS) is 20.4. The fraction of sp³-hybridized carbons (Fsp3) is 0.571. The summed E-state index contributed by atoms with van der Waals surface area (Å²) in [5.41, 5.74) is 0.271. The van der Waals surface area contributed by atoms with E-state index in [2.05, 4.69) is 20.2 Å². The molecule has 2 aromatic rings. The Morgan fingerprint density at radius 3 is 2.28 bits per heavy atom. The van der Waals surface area contributed by atoms with Gasteiger partial charge in [0, 0.05) is 25.3 Å². The van der Waals surface area contributed by atoms with Gasteiger partial charge in [0.25, 0.3) is 6.02 Å². The average molecular weight is 614 g/mol. The van der Waals surface area contributed by atoms with Crippen LogP contribution in [0.15, 0.2) is 24.3 Å². The fourth-order valence-corrected chi connectivity index (χ4v) is 5.86. The molecule has 5 rings (SSSR count). The first-order chi connectivity index (χ1) is 20.2. The highest BCUT2D eigenvalue weighted by Crippen LogP contribution is 2.47. The number of carbonyl (C=O) groups is 1. The van der Waals surface area contributed by atoms with Gasteiger partial charge in [-0.15, -0.1) is 0 Å². The van der Waals surface area contributed by atoms with E-state index in [1.807, 2.05) is 12.1 Å². The lowest BCUT2D eigenvalue weighted by molar-refractivity contribution is -0.169. The molecule has 2 fully saturated rings. The van der Waals surface area contributed by atoms with Crippen LogP contribution in [0, 0.1) is 5.41 Å². The predicted octanol–water partition coefficient (Wildman–Crippen LogP) is 5.88. The van der Waals surface area contributed by atoms with Crippen molar-refractivity contribution in [2.45, 2.75) is 76.4 Å². The summed E-state index contributed by atoms with van der Waals surface area (Å²) < 4.78 is 85.2. The monoisotopic (exact) mass is 613 g/mol. The number of anilines is 4. The van der Waals surface area contributed by atoms with E-state index >= 15 is 0 Å². The summed E-state index contributed by atoms with van der Waals surface area (Å²) in [4.78, 5) is 26.7. The van der Waals surface area contributed by atoms with Gasteiger partial charge < -0.3 is 19.9 Å². The molecule has 0 bridgehead atoms. The topological polar surface area (TPSA) is 97.7 Å². The summed E-state index contributed by atoms with van der Waals surface area (Å²) >= 11 is 0. The van der Waals surface area contributed by atoms with E-state index in [4.69, 9.17) is 10.1 Å². The summed E-state index contributed by atoms with van der Waals surface area (Å²) in [7, 11) is 0. The highest BCUT2D eigenvalue weighted by molar-refractivity contribution is 6.12. The van der Waals surface area contributed by atoms with E-state index in [0.29, 0.717) is 5.69 Å². The lowest BCUT2D eigenvalue weighted by Crippen LogP contribution is -2.45. The molecule has 2 saturated heterocycles. The molecule has 4 heterocycles. The molecule has 2 N–H and O–H groups in total. The van der Waals surface area contributed by atoms with E-state index in [9.17, 15) is 31.1 Å². The summed E-state index contributed by atoms with van der Waals surface area (Å²) in [6.45, 7) is 2.89. The largest absolute Gasteiger partial charge is 0.457 e. The maximum absolute atomic E-state index is 13.7. The minimum Gasteiger partial charge on any atom is -0.457 e. The predicted molar refractivity (Wildman–Crippen MR) is 148 cm³/mol. The van der Waals surface area contributed by atoms with Gasteiger partial charge in [0.2, 0.25) is 5.91 Å². The number of hydrogen-bond acceptors (Lipinski definition) is 7. The molecule has 0 aliphatic carbocycles. The minimum atomic E-state index is -4.60. The smallest absolute Gasteiger partial charge is 0.408 e. The SMILES string of the molecule is CC1(C)C(=O)N(c2ccc(N3CCCCC3)cc2)c2nc(COC(=N)N3CCC[C@@H]3C(F)(F)F)nc(NCC(F)(F)F)c21. The minimum absolute atomic E-state index is 0.0314. The van der Waals surface area contributed by atoms with Gasteiger partial charge in [-0.2, -0.15) is 26.3 Å². The number of hydrogen-bond donors (Lipinski definition) is 2. The molecule has 0 saturated carbocycles. The summed E-state index contributed by atoms with van der Waals surface area (Å²) in [5, 5.41) is 10.4. The van der Waals surface area contributed by atoms with Gasteiger partial charge in [0.1, 0.15) is 24.2 Å². The first-order valence-corrected chi connectivity index (χ1v) is 14.1. The Morgan fingerprint density at radius 1 is 1.00 bits per heavy atom. The second kappa shape index (κ2) is 11.4. The Balaban J connectivity index is 1.47. The molecule has 1 aromatic heterocycles. The van der Waals surface area contributed by atoms with Crippen molar-refractivity contribution in [2.75, 3.05) is 41.3 Å². The zero-order valence-electron chi connectivity index (χ0n) is 23.8. The standard InChI is InChI=1S/C28H33F6N7O2/c1-26(2)21-22(36-16-27(29,30)31)37-20(15-43-25(35)40-14-6-7-19(40)28(32,33)34)38-23(21)41(24(26)42)18-10-8-17(9-11-18)39-12-4-3-5-13-39/h8-11,19,35H,3-7,12-16H2,1-2H3,(H,36,37,38)/t19-/m1/s1. The average Bonchev–Trinajstić information content (AvgIpc) is 3.53. The summed E-state index contributed by atoms with van der Waals surface area (Å²) in [6.07, 6.45) is -5.79. The highest BCUT2D eigenvalue weighted by atomic mass is 19.4. The zero-order valence-corrected chi connectivity index (χ0v) is 23.8. The first kappa shape index (κ1) is 30.7. The number of aromatic nitrogens is 2. The van der Waals surface area contributed by atoms with Crippen LogP contribution in [0.4, 0.5) is 49.4 Å². The number of carbonyl (C=O) groups excluding carboxylic acids is 1. The van der Waals surface area contributed by atoms with Crippen molar-refractivity contribution < 1.29 is 35.9 Å². The molecule has 0 spiro atoms. The quantitative estimate of drug-likeness (QED) is 0.239. The van der Waals surface area contributed by atoms with Gasteiger partial charge in [-0.05, 0) is 70.2 Å². The van der Waals surface area contributed by atoms with Crippen LogP contribution in [0.2, 0.25) is 0 Å². The van der Waals surface area contributed by atoms with Crippen LogP contribution < -0.4 is 15.1 Å². The van der Waals surface area contributed by atoms with Crippen LogP contribution in [-0.2, 0) is 21.6 Å². The maximum atomic E-state index is 13.7. The number of alkyl halides is 6. The molecule has 9 nitrogen and oxygen atoms in total. The molecule has 3 aliphatic rings. The third-order valence-corrected chi connectivity index (χ3v) is 8.03. The van der Waals surface area contributed by atoms with Crippen molar-refractivity contribution in [1.29, 1.82) is 5.41 Å². The van der Waals surface area contributed by atoms with Crippen LogP contribution in [0.25, 0.3) is 0 Å². The van der Waals surface area contributed by atoms with Gasteiger partial charge in [0.15, 0.2) is 12.4 Å². The molecule has 43 heavy (non-hydrogen) atoms. The first-order valence-electron chi connectivity index (χ1n) is 14.1. The van der Waals surface area contributed by atoms with E-state index in [1.165, 1.54) is 11.3 Å². The Kier molecular flexibility index (Phi) is 8.11. The van der Waals surface area contributed by atoms with Crippen molar-refractivity contribution in [1.82, 2.24) is 14.9 Å². The molecule has 1 atom stereocenters. The van der Waals surface area contributed by atoms with E-state index in [-0.39, 0.29) is 42.4 Å². The molecule has 1 amide bonds. The molecule has 3 aliphatic heterocycles. The second-order valence-electron chi connectivity index (χ2n) is 11.5. The van der Waals surface area contributed by atoms with Crippen molar-refractivity contribution in [3.05, 3.63) is 35.7 Å². The molecule has 1 aromatic carbocycles. The third-order valence-electron chi connectivity index (χ3n) is 8.03. The van der Waals surface area contributed by atoms with Crippen molar-refractivity contribution >= 4 is 34.9 Å². The second-order valence-corrected chi connectivity index (χ2v) is 11.5. The molecular weight excluding hydrogens is 580 g/mol. The van der Waals surface area contributed by atoms with E-state index < -0.39 is 48.9 Å². The number of likely N-dealkylation sites (tertiary alicyclic amines) is 1. The van der Waals surface area contributed by atoms with Crippen LogP contribution in [0.5, 0.6) is 0 Å². The van der Waals surface area contributed by atoms with Gasteiger partial charge >= 0.3 is 12.4 Å². The zero-order chi connectivity index (χ0) is 31.2. The van der Waals surface area contributed by atoms with Crippen molar-refractivity contribution in [2.24, 2.45) is 0 Å². The van der Waals surface area contributed by atoms with Crippen LogP contribution in [-0.4, -0.2) is 71.4 Å². The van der Waals surface area contributed by atoms with E-state index in [0.717, 1.165) is 36.5 Å². The van der Waals surface area contributed by atoms with Crippen LogP contribution in [0.1, 0.15) is 57.3 Å². The number of nitrogens with one attached hydrogen (secondary N) is 2. The molecule has 0 radical (unpaired) electrons. The van der Waals surface area contributed by atoms with Crippen molar-refractivity contribution in [3.8, 4) is 0 Å². The lowest BCUT2D eigenvalue weighted by atomic mass is 9.87. The van der Waals surface area contributed by atoms with Gasteiger partial charge in [-0.25, -0.2) is 9.97 Å². The lowest BCUT2D eigenvalue weighted by Gasteiger charge is -2.29. The molecular formula is C28H33F6N7O2. The highest BCUT2D eigenvalue weighted by Gasteiger charge is 2.49.